The highest BCUT2D eigenvalue weighted by Gasteiger charge is 2.39. The fourth-order valence-electron chi connectivity index (χ4n) is 2.50. The minimum Gasteiger partial charge on any atom is -0.145 e. The van der Waals surface area contributed by atoms with Crippen molar-refractivity contribution < 1.29 is 9.09 Å². The lowest BCUT2D eigenvalue weighted by Gasteiger charge is -2.29. The van der Waals surface area contributed by atoms with Gasteiger partial charge in [0.2, 0.25) is 5.30 Å². The second-order valence-electron chi connectivity index (χ2n) is 9.11. The monoisotopic (exact) mass is 323 g/mol. The fraction of sp³-hybridized carbons (Fsp3) is 0.684. The Labute approximate surface area is 137 Å². The zero-order valence-corrected chi connectivity index (χ0v) is 16.8. The van der Waals surface area contributed by atoms with Crippen LogP contribution in [-0.2, 0) is 25.3 Å². The molecule has 0 aliphatic heterocycles. The molecule has 0 aromatic heterocycles. The van der Waals surface area contributed by atoms with E-state index in [0.29, 0.717) is 0 Å². The molecule has 0 radical (unpaired) electrons. The number of rotatable bonds is 2. The van der Waals surface area contributed by atoms with Crippen LogP contribution in [0.25, 0.3) is 0 Å². The zero-order chi connectivity index (χ0) is 17.5. The summed E-state index contributed by atoms with van der Waals surface area (Å²) in [5, 5.41) is 0.880. The Bertz CT molecular complexity index is 532. The lowest BCUT2D eigenvalue weighted by molar-refractivity contribution is 0.421. The van der Waals surface area contributed by atoms with Gasteiger partial charge in [-0.1, -0.05) is 74.4 Å². The van der Waals surface area contributed by atoms with Crippen molar-refractivity contribution in [2.75, 3.05) is 7.11 Å². The number of hydrogen-bond acceptors (Lipinski definition) is 2. The van der Waals surface area contributed by atoms with Crippen molar-refractivity contribution in [2.45, 2.75) is 78.6 Å². The molecule has 1 aromatic carbocycles. The molecular weight excluding hydrogens is 291 g/mol. The minimum absolute atomic E-state index is 0.0528. The van der Waals surface area contributed by atoms with Crippen LogP contribution < -0.4 is 5.30 Å². The van der Waals surface area contributed by atoms with Gasteiger partial charge in [-0.05, 0) is 26.4 Å². The Balaban J connectivity index is 3.90. The van der Waals surface area contributed by atoms with E-state index in [2.05, 4.69) is 74.4 Å². The highest BCUT2D eigenvalue weighted by atomic mass is 31.1. The number of hydrogen-bond donors (Lipinski definition) is 0. The molecular formula is C19H32O2P+. The van der Waals surface area contributed by atoms with Crippen LogP contribution >= 0.6 is 8.03 Å². The summed E-state index contributed by atoms with van der Waals surface area (Å²) in [7, 11) is -0.319. The summed E-state index contributed by atoms with van der Waals surface area (Å²) in [6.45, 7) is 19.7. The first kappa shape index (κ1) is 19.3. The average molecular weight is 323 g/mol. The van der Waals surface area contributed by atoms with Gasteiger partial charge < -0.3 is 0 Å². The molecule has 0 heterocycles. The number of benzene rings is 1. The van der Waals surface area contributed by atoms with Crippen LogP contribution in [0, 0.1) is 0 Å². The Morgan fingerprint density at radius 2 is 1.14 bits per heavy atom. The maximum Gasteiger partial charge on any atom is 0.549 e. The maximum absolute atomic E-state index is 12.6. The molecule has 2 nitrogen and oxygen atoms in total. The largest absolute Gasteiger partial charge is 0.549 e. The van der Waals surface area contributed by atoms with E-state index in [4.69, 9.17) is 4.52 Å². The maximum atomic E-state index is 12.6. The highest BCUT2D eigenvalue weighted by molar-refractivity contribution is 7.48. The third-order valence-electron chi connectivity index (χ3n) is 3.94. The summed E-state index contributed by atoms with van der Waals surface area (Å²) in [5.74, 6) is 0. The van der Waals surface area contributed by atoms with Gasteiger partial charge in [-0.25, -0.2) is 0 Å². The van der Waals surface area contributed by atoms with E-state index < -0.39 is 8.03 Å². The summed E-state index contributed by atoms with van der Waals surface area (Å²) in [6.07, 6.45) is 0. The molecule has 0 amide bonds. The van der Waals surface area contributed by atoms with Crippen molar-refractivity contribution in [1.29, 1.82) is 0 Å². The van der Waals surface area contributed by atoms with E-state index in [1.54, 1.807) is 0 Å². The van der Waals surface area contributed by atoms with E-state index in [1.807, 2.05) is 0 Å². The lowest BCUT2D eigenvalue weighted by Crippen LogP contribution is -2.31. The normalized spacial score (nSPS) is 14.2. The Kier molecular flexibility index (Phi) is 5.32. The van der Waals surface area contributed by atoms with E-state index >= 15 is 0 Å². The van der Waals surface area contributed by atoms with Crippen LogP contribution in [0.3, 0.4) is 0 Å². The molecule has 0 aliphatic carbocycles. The Hall–Kier alpha value is -0.720. The summed E-state index contributed by atoms with van der Waals surface area (Å²) in [6, 6.07) is 4.44. The van der Waals surface area contributed by atoms with E-state index in [0.717, 1.165) is 16.4 Å². The van der Waals surface area contributed by atoms with E-state index in [9.17, 15) is 4.57 Å². The second-order valence-corrected chi connectivity index (χ2v) is 10.4. The molecule has 0 saturated carbocycles. The standard InChI is InChI=1S/C19H32O2P/c1-17(2,3)13-11-14(18(4,5)6)16(22(20)21-10)15(12-13)19(7,8)9/h11-12H,1-10H3/q+1. The predicted octanol–water partition coefficient (Wildman–Crippen LogP) is 5.59. The molecule has 1 unspecified atom stereocenters. The summed E-state index contributed by atoms with van der Waals surface area (Å²) >= 11 is 0. The van der Waals surface area contributed by atoms with Crippen molar-refractivity contribution in [3.63, 3.8) is 0 Å². The van der Waals surface area contributed by atoms with Crippen LogP contribution in [0.15, 0.2) is 12.1 Å². The van der Waals surface area contributed by atoms with Gasteiger partial charge in [0, 0.05) is 11.1 Å². The molecule has 0 saturated heterocycles. The van der Waals surface area contributed by atoms with Gasteiger partial charge in [0.05, 0.1) is 7.11 Å². The van der Waals surface area contributed by atoms with Gasteiger partial charge in [-0.3, -0.25) is 0 Å². The fourth-order valence-corrected chi connectivity index (χ4v) is 3.87. The van der Waals surface area contributed by atoms with Gasteiger partial charge in [0.15, 0.2) is 0 Å². The smallest absolute Gasteiger partial charge is 0.145 e. The third-order valence-corrected chi connectivity index (χ3v) is 5.12. The van der Waals surface area contributed by atoms with Crippen molar-refractivity contribution in [1.82, 2.24) is 0 Å². The Morgan fingerprint density at radius 3 is 1.36 bits per heavy atom. The van der Waals surface area contributed by atoms with Crippen LogP contribution in [0.1, 0.15) is 79.0 Å². The van der Waals surface area contributed by atoms with Gasteiger partial charge in [-0.15, -0.1) is 4.52 Å². The van der Waals surface area contributed by atoms with Crippen LogP contribution in [0.4, 0.5) is 0 Å². The zero-order valence-electron chi connectivity index (χ0n) is 15.9. The SMILES string of the molecule is CO[P+](=O)c1c(C(C)(C)C)cc(C(C)(C)C)cc1C(C)(C)C. The van der Waals surface area contributed by atoms with Crippen LogP contribution in [0.5, 0.6) is 0 Å². The average Bonchev–Trinajstić information content (AvgIpc) is 2.33. The molecule has 0 fully saturated rings. The topological polar surface area (TPSA) is 26.3 Å². The van der Waals surface area contributed by atoms with Gasteiger partial charge >= 0.3 is 8.03 Å². The molecule has 0 bridgehead atoms. The van der Waals surface area contributed by atoms with Gasteiger partial charge in [0.25, 0.3) is 0 Å². The molecule has 0 spiro atoms. The van der Waals surface area contributed by atoms with E-state index in [1.165, 1.54) is 12.7 Å². The van der Waals surface area contributed by atoms with Crippen molar-refractivity contribution in [2.24, 2.45) is 0 Å². The quantitative estimate of drug-likeness (QED) is 0.663. The first-order valence-electron chi connectivity index (χ1n) is 7.90. The Morgan fingerprint density at radius 1 is 0.773 bits per heavy atom. The molecule has 0 aliphatic rings. The minimum atomic E-state index is -1.84. The first-order chi connectivity index (χ1) is 9.69. The summed E-state index contributed by atoms with van der Waals surface area (Å²) in [4.78, 5) is 0. The highest BCUT2D eigenvalue weighted by Crippen LogP contribution is 2.38. The summed E-state index contributed by atoms with van der Waals surface area (Å²) in [5.41, 5.74) is 3.43. The lowest BCUT2D eigenvalue weighted by atomic mass is 9.75. The van der Waals surface area contributed by atoms with E-state index in [-0.39, 0.29) is 16.2 Å². The third kappa shape index (κ3) is 4.18. The predicted molar refractivity (Wildman–Crippen MR) is 96.8 cm³/mol. The molecule has 1 atom stereocenters. The van der Waals surface area contributed by atoms with Crippen LogP contribution in [-0.4, -0.2) is 7.11 Å². The molecule has 1 rings (SSSR count). The van der Waals surface area contributed by atoms with Crippen LogP contribution in [0.2, 0.25) is 0 Å². The molecule has 1 aromatic rings. The molecule has 22 heavy (non-hydrogen) atoms. The second kappa shape index (κ2) is 6.06. The molecule has 3 heteroatoms. The molecule has 124 valence electrons. The van der Waals surface area contributed by atoms with Gasteiger partial charge in [-0.2, -0.15) is 0 Å². The summed E-state index contributed by atoms with van der Waals surface area (Å²) < 4.78 is 17.9. The van der Waals surface area contributed by atoms with Crippen molar-refractivity contribution in [3.05, 3.63) is 28.8 Å². The molecule has 0 N–H and O–H groups in total. The van der Waals surface area contributed by atoms with Crippen molar-refractivity contribution in [3.8, 4) is 0 Å². The van der Waals surface area contributed by atoms with Gasteiger partial charge in [0.1, 0.15) is 0 Å². The first-order valence-corrected chi connectivity index (χ1v) is 9.08. The van der Waals surface area contributed by atoms with Crippen molar-refractivity contribution >= 4 is 13.3 Å².